The standard InChI is InChI=1S/C49H27N3OS2/c1-2-12-29-27-30(26-25-28(29)11-1)47-50-48(52-49(51-47)38-20-8-17-34-31-13-3-5-22-40(31)55-46(34)38)37-19-9-21-39-43(37)36-18-7-16-33(45(36)53-39)32-15-10-24-42-44(32)35-14-4-6-23-41(35)54-42/h1-27H. The highest BCUT2D eigenvalue weighted by Crippen LogP contribution is 2.45. The summed E-state index contributed by atoms with van der Waals surface area (Å²) in [5.41, 5.74) is 6.72. The van der Waals surface area contributed by atoms with Crippen LogP contribution in [0, 0.1) is 0 Å². The molecular formula is C49H27N3OS2. The molecule has 4 nitrogen and oxygen atoms in total. The first-order valence-corrected chi connectivity index (χ1v) is 19.9. The van der Waals surface area contributed by atoms with E-state index in [1.807, 2.05) is 23.5 Å². The number of hydrogen-bond acceptors (Lipinski definition) is 6. The molecule has 0 fully saturated rings. The Morgan fingerprint density at radius 1 is 0.382 bits per heavy atom. The van der Waals surface area contributed by atoms with Crippen LogP contribution in [0.25, 0.3) is 118 Å². The third kappa shape index (κ3) is 4.72. The second-order valence-electron chi connectivity index (χ2n) is 13.9. The van der Waals surface area contributed by atoms with E-state index in [2.05, 4.69) is 152 Å². The first kappa shape index (κ1) is 30.7. The fourth-order valence-electron chi connectivity index (χ4n) is 8.24. The maximum atomic E-state index is 6.84. The number of nitrogens with zero attached hydrogens (tertiary/aromatic N) is 3. The fraction of sp³-hybridized carbons (Fsp3) is 0. The van der Waals surface area contributed by atoms with Crippen molar-refractivity contribution in [2.24, 2.45) is 0 Å². The molecule has 0 radical (unpaired) electrons. The van der Waals surface area contributed by atoms with Crippen LogP contribution in [-0.4, -0.2) is 15.0 Å². The minimum Gasteiger partial charge on any atom is -0.455 e. The summed E-state index contributed by atoms with van der Waals surface area (Å²) in [6, 6.07) is 57.7. The summed E-state index contributed by atoms with van der Waals surface area (Å²) < 4.78 is 11.8. The van der Waals surface area contributed by atoms with E-state index in [0.717, 1.165) is 54.3 Å². The summed E-state index contributed by atoms with van der Waals surface area (Å²) in [5.74, 6) is 1.88. The minimum atomic E-state index is 0.607. The Bertz CT molecular complexity index is 3520. The van der Waals surface area contributed by atoms with Crippen molar-refractivity contribution < 1.29 is 4.42 Å². The molecule has 0 saturated heterocycles. The Morgan fingerprint density at radius 2 is 1.00 bits per heavy atom. The number of fused-ring (bicyclic) bond motifs is 10. The number of para-hydroxylation sites is 1. The van der Waals surface area contributed by atoms with E-state index in [1.54, 1.807) is 11.3 Å². The molecule has 12 rings (SSSR count). The van der Waals surface area contributed by atoms with Crippen LogP contribution in [-0.2, 0) is 0 Å². The summed E-state index contributed by atoms with van der Waals surface area (Å²) in [6.45, 7) is 0. The van der Waals surface area contributed by atoms with Gasteiger partial charge in [0.2, 0.25) is 0 Å². The Morgan fingerprint density at radius 3 is 1.89 bits per heavy atom. The van der Waals surface area contributed by atoms with Crippen molar-refractivity contribution in [2.45, 2.75) is 0 Å². The molecule has 0 aliphatic heterocycles. The summed E-state index contributed by atoms with van der Waals surface area (Å²) in [7, 11) is 0. The van der Waals surface area contributed by atoms with Crippen LogP contribution in [0.1, 0.15) is 0 Å². The summed E-state index contributed by atoms with van der Waals surface area (Å²) >= 11 is 3.61. The van der Waals surface area contributed by atoms with Gasteiger partial charge in [-0.2, -0.15) is 0 Å². The number of benzene rings is 8. The normalized spacial score (nSPS) is 12.0. The van der Waals surface area contributed by atoms with Crippen molar-refractivity contribution in [1.82, 2.24) is 15.0 Å². The molecule has 0 aliphatic rings. The Labute approximate surface area is 322 Å². The van der Waals surface area contributed by atoms with E-state index >= 15 is 0 Å². The molecule has 0 amide bonds. The van der Waals surface area contributed by atoms with E-state index in [4.69, 9.17) is 19.4 Å². The molecule has 0 unspecified atom stereocenters. The Hall–Kier alpha value is -6.73. The molecule has 8 aromatic carbocycles. The molecule has 12 aromatic rings. The van der Waals surface area contributed by atoms with Gasteiger partial charge in [-0.3, -0.25) is 0 Å². The predicted molar refractivity (Wildman–Crippen MR) is 232 cm³/mol. The molecule has 4 aromatic heterocycles. The highest BCUT2D eigenvalue weighted by atomic mass is 32.1. The van der Waals surface area contributed by atoms with Gasteiger partial charge in [-0.1, -0.05) is 127 Å². The zero-order valence-electron chi connectivity index (χ0n) is 29.2. The highest BCUT2D eigenvalue weighted by molar-refractivity contribution is 7.26. The topological polar surface area (TPSA) is 51.8 Å². The summed E-state index contributed by atoms with van der Waals surface area (Å²) in [4.78, 5) is 15.8. The summed E-state index contributed by atoms with van der Waals surface area (Å²) in [5, 5.41) is 9.30. The van der Waals surface area contributed by atoms with Crippen molar-refractivity contribution in [3.05, 3.63) is 164 Å². The van der Waals surface area contributed by atoms with Gasteiger partial charge in [0, 0.05) is 73.4 Å². The van der Waals surface area contributed by atoms with Crippen LogP contribution >= 0.6 is 22.7 Å². The lowest BCUT2D eigenvalue weighted by atomic mass is 9.97. The van der Waals surface area contributed by atoms with Crippen LogP contribution in [0.2, 0.25) is 0 Å². The van der Waals surface area contributed by atoms with Crippen molar-refractivity contribution >= 4 is 95.7 Å². The smallest absolute Gasteiger partial charge is 0.165 e. The van der Waals surface area contributed by atoms with Crippen LogP contribution in [0.3, 0.4) is 0 Å². The van der Waals surface area contributed by atoms with E-state index in [9.17, 15) is 0 Å². The molecule has 0 saturated carbocycles. The molecule has 0 N–H and O–H groups in total. The lowest BCUT2D eigenvalue weighted by Crippen LogP contribution is -2.00. The van der Waals surface area contributed by atoms with Gasteiger partial charge in [-0.15, -0.1) is 22.7 Å². The molecule has 6 heteroatoms. The highest BCUT2D eigenvalue weighted by Gasteiger charge is 2.22. The van der Waals surface area contributed by atoms with E-state index in [0.29, 0.717) is 17.5 Å². The van der Waals surface area contributed by atoms with Crippen molar-refractivity contribution in [3.8, 4) is 45.3 Å². The molecule has 256 valence electrons. The van der Waals surface area contributed by atoms with Gasteiger partial charge in [0.15, 0.2) is 17.5 Å². The zero-order valence-corrected chi connectivity index (χ0v) is 30.8. The SMILES string of the molecule is c1ccc2cc(-c3nc(-c4cccc5c4sc4ccccc45)nc(-c4cccc5oc6c(-c7cccc8sc9ccccc9c78)cccc6c45)n3)ccc2c1. The van der Waals surface area contributed by atoms with E-state index in [1.165, 1.54) is 46.6 Å². The van der Waals surface area contributed by atoms with E-state index in [-0.39, 0.29) is 0 Å². The first-order valence-electron chi connectivity index (χ1n) is 18.3. The fourth-order valence-corrected chi connectivity index (χ4v) is 10.6. The van der Waals surface area contributed by atoms with Gasteiger partial charge in [0.1, 0.15) is 11.2 Å². The summed E-state index contributed by atoms with van der Waals surface area (Å²) in [6.07, 6.45) is 0. The monoisotopic (exact) mass is 737 g/mol. The van der Waals surface area contributed by atoms with Gasteiger partial charge in [-0.05, 0) is 52.7 Å². The Balaban J connectivity index is 1.12. The zero-order chi connectivity index (χ0) is 36.0. The maximum absolute atomic E-state index is 6.84. The number of furan rings is 1. The molecule has 0 spiro atoms. The number of thiophene rings is 2. The molecule has 0 aliphatic carbocycles. The second kappa shape index (κ2) is 11.9. The largest absolute Gasteiger partial charge is 0.455 e. The number of aromatic nitrogens is 3. The average molecular weight is 738 g/mol. The van der Waals surface area contributed by atoms with Crippen molar-refractivity contribution in [1.29, 1.82) is 0 Å². The van der Waals surface area contributed by atoms with Gasteiger partial charge >= 0.3 is 0 Å². The second-order valence-corrected chi connectivity index (χ2v) is 16.0. The predicted octanol–water partition coefficient (Wildman–Crippen LogP) is 14.3. The van der Waals surface area contributed by atoms with E-state index < -0.39 is 0 Å². The lowest BCUT2D eigenvalue weighted by molar-refractivity contribution is 0.670. The molecule has 0 bridgehead atoms. The van der Waals surface area contributed by atoms with Gasteiger partial charge in [0.25, 0.3) is 0 Å². The van der Waals surface area contributed by atoms with Gasteiger partial charge < -0.3 is 4.42 Å². The quantitative estimate of drug-likeness (QED) is 0.180. The third-order valence-corrected chi connectivity index (χ3v) is 13.1. The van der Waals surface area contributed by atoms with Crippen molar-refractivity contribution in [2.75, 3.05) is 0 Å². The number of rotatable bonds is 4. The maximum Gasteiger partial charge on any atom is 0.165 e. The average Bonchev–Trinajstić information content (AvgIpc) is 3.95. The third-order valence-electron chi connectivity index (χ3n) is 10.7. The number of hydrogen-bond donors (Lipinski definition) is 0. The Kier molecular flexibility index (Phi) is 6.64. The van der Waals surface area contributed by atoms with Crippen LogP contribution in [0.4, 0.5) is 0 Å². The van der Waals surface area contributed by atoms with Crippen LogP contribution < -0.4 is 0 Å². The van der Waals surface area contributed by atoms with Crippen molar-refractivity contribution in [3.63, 3.8) is 0 Å². The first-order chi connectivity index (χ1) is 27.2. The van der Waals surface area contributed by atoms with Crippen LogP contribution in [0.15, 0.2) is 168 Å². The lowest BCUT2D eigenvalue weighted by Gasteiger charge is -2.10. The molecule has 4 heterocycles. The molecular weight excluding hydrogens is 711 g/mol. The molecule has 55 heavy (non-hydrogen) atoms. The molecule has 0 atom stereocenters. The van der Waals surface area contributed by atoms with Gasteiger partial charge in [-0.25, -0.2) is 15.0 Å². The van der Waals surface area contributed by atoms with Gasteiger partial charge in [0.05, 0.1) is 0 Å². The van der Waals surface area contributed by atoms with Crippen LogP contribution in [0.5, 0.6) is 0 Å². The minimum absolute atomic E-state index is 0.607.